The van der Waals surface area contributed by atoms with Gasteiger partial charge in [0.05, 0.1) is 18.8 Å². The molecule has 0 aromatic heterocycles. The van der Waals surface area contributed by atoms with Crippen molar-refractivity contribution in [1.29, 1.82) is 0 Å². The standard InChI is InChI=1S/C31H38F2O6/c1-3-6-21(7-4-2)19-39-31(36)9-5-8-22-10-13-26-25(28(35)17-29(26)37-18-22)14-12-24(34)20-38-30-16-23(32)11-15-27(30)33/h1-2,11-12,14-16,21-22,24-26,28-29,34-35H,5-10,13,17-20H2/b14-12+/t22-,24+,25+,26+,28+,29-/m0/s1. The fourth-order valence-electron chi connectivity index (χ4n) is 5.36. The van der Waals surface area contributed by atoms with E-state index in [2.05, 4.69) is 11.8 Å². The van der Waals surface area contributed by atoms with Gasteiger partial charge in [-0.05, 0) is 49.7 Å². The molecule has 0 spiro atoms. The first-order valence-corrected chi connectivity index (χ1v) is 13.6. The molecule has 0 amide bonds. The van der Waals surface area contributed by atoms with Gasteiger partial charge in [0.25, 0.3) is 0 Å². The van der Waals surface area contributed by atoms with Crippen molar-refractivity contribution >= 4 is 5.97 Å². The molecule has 1 saturated carbocycles. The van der Waals surface area contributed by atoms with Crippen molar-refractivity contribution in [2.75, 3.05) is 19.8 Å². The topological polar surface area (TPSA) is 85.2 Å². The molecule has 1 aliphatic carbocycles. The molecule has 1 heterocycles. The smallest absolute Gasteiger partial charge is 0.305 e. The van der Waals surface area contributed by atoms with Crippen LogP contribution in [0.1, 0.15) is 51.4 Å². The minimum Gasteiger partial charge on any atom is -0.487 e. The average Bonchev–Trinajstić information content (AvgIpc) is 3.07. The first-order valence-electron chi connectivity index (χ1n) is 13.6. The highest BCUT2D eigenvalue weighted by molar-refractivity contribution is 5.69. The summed E-state index contributed by atoms with van der Waals surface area (Å²) in [5.41, 5.74) is 0. The van der Waals surface area contributed by atoms with E-state index in [9.17, 15) is 23.8 Å². The third-order valence-corrected chi connectivity index (χ3v) is 7.49. The number of carbonyl (C=O) groups is 1. The predicted octanol–water partition coefficient (Wildman–Crippen LogP) is 4.43. The third-order valence-electron chi connectivity index (χ3n) is 7.49. The van der Waals surface area contributed by atoms with E-state index in [0.717, 1.165) is 37.5 Å². The molecule has 1 aliphatic heterocycles. The van der Waals surface area contributed by atoms with Gasteiger partial charge in [-0.3, -0.25) is 4.79 Å². The fraction of sp³-hybridized carbons (Fsp3) is 0.581. The average molecular weight is 545 g/mol. The number of carbonyl (C=O) groups excluding carboxylic acids is 1. The van der Waals surface area contributed by atoms with Crippen LogP contribution in [0.15, 0.2) is 30.4 Å². The number of hydrogen-bond donors (Lipinski definition) is 2. The number of terminal acetylenes is 2. The van der Waals surface area contributed by atoms with Crippen LogP contribution >= 0.6 is 0 Å². The van der Waals surface area contributed by atoms with E-state index in [-0.39, 0.29) is 48.8 Å². The highest BCUT2D eigenvalue weighted by atomic mass is 19.1. The summed E-state index contributed by atoms with van der Waals surface area (Å²) in [6.45, 7) is 0.563. The van der Waals surface area contributed by atoms with Crippen LogP contribution in [0.5, 0.6) is 5.75 Å². The Morgan fingerprint density at radius 3 is 2.72 bits per heavy atom. The van der Waals surface area contributed by atoms with Crippen LogP contribution in [0.25, 0.3) is 0 Å². The van der Waals surface area contributed by atoms with E-state index in [1.807, 2.05) is 0 Å². The van der Waals surface area contributed by atoms with Crippen LogP contribution in [0, 0.1) is 60.0 Å². The maximum atomic E-state index is 13.7. The molecule has 212 valence electrons. The molecule has 0 unspecified atom stereocenters. The molecule has 2 aliphatic rings. The lowest BCUT2D eigenvalue weighted by atomic mass is 9.86. The number of hydrogen-bond acceptors (Lipinski definition) is 6. The Morgan fingerprint density at radius 2 is 1.97 bits per heavy atom. The van der Waals surface area contributed by atoms with Gasteiger partial charge in [0.1, 0.15) is 18.5 Å². The van der Waals surface area contributed by atoms with Gasteiger partial charge < -0.3 is 24.4 Å². The Hall–Kier alpha value is -2.91. The predicted molar refractivity (Wildman–Crippen MR) is 142 cm³/mol. The van der Waals surface area contributed by atoms with Gasteiger partial charge in [0.2, 0.25) is 0 Å². The number of esters is 1. The maximum absolute atomic E-state index is 13.7. The molecule has 1 saturated heterocycles. The van der Waals surface area contributed by atoms with Crippen molar-refractivity contribution in [3.8, 4) is 30.4 Å². The molecule has 2 fully saturated rings. The monoisotopic (exact) mass is 544 g/mol. The summed E-state index contributed by atoms with van der Waals surface area (Å²) < 4.78 is 43.7. The lowest BCUT2D eigenvalue weighted by molar-refractivity contribution is -0.145. The van der Waals surface area contributed by atoms with E-state index >= 15 is 0 Å². The zero-order chi connectivity index (χ0) is 28.2. The maximum Gasteiger partial charge on any atom is 0.305 e. The molecule has 3 rings (SSSR count). The summed E-state index contributed by atoms with van der Waals surface area (Å²) in [5, 5.41) is 20.9. The van der Waals surface area contributed by atoms with Crippen LogP contribution in [-0.4, -0.2) is 54.3 Å². The van der Waals surface area contributed by atoms with Crippen molar-refractivity contribution in [2.24, 2.45) is 23.7 Å². The van der Waals surface area contributed by atoms with Crippen molar-refractivity contribution in [3.05, 3.63) is 42.0 Å². The summed E-state index contributed by atoms with van der Waals surface area (Å²) in [6, 6.07) is 2.88. The Bertz CT molecular complexity index is 1030. The fourth-order valence-corrected chi connectivity index (χ4v) is 5.36. The van der Waals surface area contributed by atoms with Crippen LogP contribution in [0.3, 0.4) is 0 Å². The molecule has 6 nitrogen and oxygen atoms in total. The number of benzene rings is 1. The van der Waals surface area contributed by atoms with Crippen molar-refractivity contribution in [1.82, 2.24) is 0 Å². The van der Waals surface area contributed by atoms with Crippen LogP contribution in [0.4, 0.5) is 8.78 Å². The number of aliphatic hydroxyl groups is 2. The SMILES string of the molecule is C#CCC(CC#C)COC(=O)CCC[C@H]1CC[C@@H]2[C@@H](/C=C/[C@@H](O)COc3cc(F)ccc3F)[C@H](O)C[C@@H]2OC1. The van der Waals surface area contributed by atoms with Gasteiger partial charge in [-0.1, -0.05) is 12.2 Å². The lowest BCUT2D eigenvalue weighted by Crippen LogP contribution is -2.22. The van der Waals surface area contributed by atoms with Crippen LogP contribution in [0.2, 0.25) is 0 Å². The molecule has 39 heavy (non-hydrogen) atoms. The van der Waals surface area contributed by atoms with E-state index < -0.39 is 23.8 Å². The van der Waals surface area contributed by atoms with E-state index in [1.54, 1.807) is 6.08 Å². The molecule has 2 N–H and O–H groups in total. The van der Waals surface area contributed by atoms with Gasteiger partial charge in [-0.25, -0.2) is 8.78 Å². The van der Waals surface area contributed by atoms with E-state index in [4.69, 9.17) is 27.1 Å². The number of fused-ring (bicyclic) bond motifs is 1. The van der Waals surface area contributed by atoms with Gasteiger partial charge in [0, 0.05) is 50.2 Å². The Labute approximate surface area is 229 Å². The normalized spacial score (nSPS) is 25.5. The molecule has 1 aromatic rings. The molecular weight excluding hydrogens is 506 g/mol. The largest absolute Gasteiger partial charge is 0.487 e. The minimum absolute atomic E-state index is 0.0129. The number of rotatable bonds is 13. The zero-order valence-electron chi connectivity index (χ0n) is 22.1. The Kier molecular flexibility index (Phi) is 12.3. The van der Waals surface area contributed by atoms with E-state index in [0.29, 0.717) is 44.6 Å². The van der Waals surface area contributed by atoms with Crippen molar-refractivity contribution in [2.45, 2.75) is 69.7 Å². The Balaban J connectivity index is 1.41. The first-order chi connectivity index (χ1) is 18.8. The second kappa shape index (κ2) is 15.6. The molecule has 0 radical (unpaired) electrons. The molecule has 6 atom stereocenters. The highest BCUT2D eigenvalue weighted by Crippen LogP contribution is 2.42. The van der Waals surface area contributed by atoms with Gasteiger partial charge in [-0.2, -0.15) is 0 Å². The van der Waals surface area contributed by atoms with Crippen molar-refractivity contribution < 1.29 is 38.0 Å². The number of aliphatic hydroxyl groups excluding tert-OH is 2. The highest BCUT2D eigenvalue weighted by Gasteiger charge is 2.43. The van der Waals surface area contributed by atoms with Gasteiger partial charge >= 0.3 is 5.97 Å². The molecule has 1 aromatic carbocycles. The number of halogens is 2. The first kappa shape index (κ1) is 30.6. The zero-order valence-corrected chi connectivity index (χ0v) is 22.1. The van der Waals surface area contributed by atoms with E-state index in [1.165, 1.54) is 6.08 Å². The van der Waals surface area contributed by atoms with Crippen LogP contribution in [-0.2, 0) is 14.3 Å². The van der Waals surface area contributed by atoms with Gasteiger partial charge in [0.15, 0.2) is 11.6 Å². The summed E-state index contributed by atoms with van der Waals surface area (Å²) in [6.07, 6.45) is 17.3. The Morgan fingerprint density at radius 1 is 1.21 bits per heavy atom. The lowest BCUT2D eigenvalue weighted by Gasteiger charge is -2.21. The molecule has 8 heteroatoms. The minimum atomic E-state index is -1.05. The summed E-state index contributed by atoms with van der Waals surface area (Å²) in [7, 11) is 0. The summed E-state index contributed by atoms with van der Waals surface area (Å²) in [5.74, 6) is 3.46. The third kappa shape index (κ3) is 9.65. The summed E-state index contributed by atoms with van der Waals surface area (Å²) >= 11 is 0. The van der Waals surface area contributed by atoms with Crippen LogP contribution < -0.4 is 4.74 Å². The summed E-state index contributed by atoms with van der Waals surface area (Å²) in [4.78, 5) is 12.1. The molecular formula is C31H38F2O6. The molecule has 0 bridgehead atoms. The second-order valence-corrected chi connectivity index (χ2v) is 10.5. The van der Waals surface area contributed by atoms with Gasteiger partial charge in [-0.15, -0.1) is 24.7 Å². The quantitative estimate of drug-likeness (QED) is 0.217. The second-order valence-electron chi connectivity index (χ2n) is 10.5. The van der Waals surface area contributed by atoms with Crippen molar-refractivity contribution in [3.63, 3.8) is 0 Å². The number of ether oxygens (including phenoxy) is 3.